The van der Waals surface area contributed by atoms with Gasteiger partial charge in [0.1, 0.15) is 5.60 Å². The second-order valence-corrected chi connectivity index (χ2v) is 8.96. The lowest BCUT2D eigenvalue weighted by molar-refractivity contribution is 0.0459. The Kier molecular flexibility index (Phi) is 8.45. The second-order valence-electron chi connectivity index (χ2n) is 7.32. The summed E-state index contributed by atoms with van der Waals surface area (Å²) < 4.78 is 37.1. The van der Waals surface area contributed by atoms with Crippen LogP contribution >= 0.6 is 0 Å². The highest BCUT2D eigenvalue weighted by molar-refractivity contribution is 7.85. The van der Waals surface area contributed by atoms with Crippen molar-refractivity contribution in [1.82, 2.24) is 5.32 Å². The smallest absolute Gasteiger partial charge is 0.407 e. The fourth-order valence-corrected chi connectivity index (χ4v) is 2.99. The minimum absolute atomic E-state index is 0.158. The Morgan fingerprint density at radius 2 is 1.75 bits per heavy atom. The third kappa shape index (κ3) is 10.8. The number of nitrogens with one attached hydrogen (secondary N) is 1. The number of carbonyl (C=O) groups excluding carboxylic acids is 1. The molecule has 0 spiro atoms. The molecule has 1 aliphatic carbocycles. The Bertz CT molecular complexity index is 477. The van der Waals surface area contributed by atoms with Crippen LogP contribution < -0.4 is 5.32 Å². The first kappa shape index (κ1) is 21.2. The molecule has 1 rings (SSSR count). The average Bonchev–Trinajstić information content (AvgIpc) is 2.41. The summed E-state index contributed by atoms with van der Waals surface area (Å²) in [5.41, 5.74) is -0.476. The lowest BCUT2D eigenvalue weighted by Crippen LogP contribution is -2.41. The summed E-state index contributed by atoms with van der Waals surface area (Å²) in [6, 6.07) is 0.166. The van der Waals surface area contributed by atoms with E-state index in [0.29, 0.717) is 25.6 Å². The monoisotopic (exact) mass is 365 g/mol. The summed E-state index contributed by atoms with van der Waals surface area (Å²) in [5, 5.41) is 2.92. The van der Waals surface area contributed by atoms with Crippen molar-refractivity contribution < 1.29 is 26.9 Å². The van der Waals surface area contributed by atoms with E-state index in [1.165, 1.54) is 0 Å². The molecule has 0 aromatic heterocycles. The van der Waals surface area contributed by atoms with Crippen molar-refractivity contribution >= 4 is 16.2 Å². The SMILES string of the molecule is CC(C)(C)OC(=O)N[C@H]1CC[C@H](COCCCOS(C)(=O)=O)CC1. The van der Waals surface area contributed by atoms with Crippen molar-refractivity contribution in [3.8, 4) is 0 Å². The molecule has 1 aliphatic rings. The van der Waals surface area contributed by atoms with Gasteiger partial charge in [-0.3, -0.25) is 4.18 Å². The van der Waals surface area contributed by atoms with Gasteiger partial charge in [0.25, 0.3) is 10.1 Å². The molecule has 142 valence electrons. The molecule has 1 N–H and O–H groups in total. The first-order valence-electron chi connectivity index (χ1n) is 8.47. The summed E-state index contributed by atoms with van der Waals surface area (Å²) in [6.45, 7) is 6.86. The summed E-state index contributed by atoms with van der Waals surface area (Å²) in [5.74, 6) is 0.484. The third-order valence-corrected chi connectivity index (χ3v) is 4.25. The molecule has 1 amide bonds. The summed E-state index contributed by atoms with van der Waals surface area (Å²) >= 11 is 0. The molecule has 7 nitrogen and oxygen atoms in total. The van der Waals surface area contributed by atoms with Crippen LogP contribution in [-0.4, -0.2) is 52.2 Å². The molecular weight excluding hydrogens is 334 g/mol. The number of amides is 1. The third-order valence-electron chi connectivity index (χ3n) is 3.65. The van der Waals surface area contributed by atoms with Gasteiger partial charge in [-0.15, -0.1) is 0 Å². The summed E-state index contributed by atoms with van der Waals surface area (Å²) in [7, 11) is -3.36. The quantitative estimate of drug-likeness (QED) is 0.525. The van der Waals surface area contributed by atoms with E-state index in [4.69, 9.17) is 9.47 Å². The van der Waals surface area contributed by atoms with Crippen LogP contribution in [0, 0.1) is 5.92 Å². The van der Waals surface area contributed by atoms with Crippen molar-refractivity contribution in [2.24, 2.45) is 5.92 Å². The first-order chi connectivity index (χ1) is 11.1. The molecule has 0 heterocycles. The van der Waals surface area contributed by atoms with Crippen molar-refractivity contribution in [2.75, 3.05) is 26.1 Å². The van der Waals surface area contributed by atoms with Crippen molar-refractivity contribution in [1.29, 1.82) is 0 Å². The minimum atomic E-state index is -3.36. The predicted molar refractivity (Wildman–Crippen MR) is 91.3 cm³/mol. The number of rotatable bonds is 8. The topological polar surface area (TPSA) is 90.9 Å². The molecule has 0 bridgehead atoms. The lowest BCUT2D eigenvalue weighted by atomic mass is 9.86. The van der Waals surface area contributed by atoms with E-state index < -0.39 is 15.7 Å². The Balaban J connectivity index is 2.08. The maximum Gasteiger partial charge on any atom is 0.407 e. The highest BCUT2D eigenvalue weighted by atomic mass is 32.2. The van der Waals surface area contributed by atoms with E-state index in [2.05, 4.69) is 9.50 Å². The molecule has 0 radical (unpaired) electrons. The zero-order valence-electron chi connectivity index (χ0n) is 15.2. The van der Waals surface area contributed by atoms with Crippen molar-refractivity contribution in [3.63, 3.8) is 0 Å². The summed E-state index contributed by atoms with van der Waals surface area (Å²) in [6.07, 6.45) is 5.09. The van der Waals surface area contributed by atoms with Crippen LogP contribution in [0.15, 0.2) is 0 Å². The van der Waals surface area contributed by atoms with E-state index in [1.54, 1.807) is 0 Å². The van der Waals surface area contributed by atoms with Gasteiger partial charge in [0.05, 0.1) is 12.9 Å². The highest BCUT2D eigenvalue weighted by Gasteiger charge is 2.24. The van der Waals surface area contributed by atoms with Gasteiger partial charge >= 0.3 is 6.09 Å². The van der Waals surface area contributed by atoms with Crippen LogP contribution in [0.4, 0.5) is 4.79 Å². The Hall–Kier alpha value is -0.860. The van der Waals surface area contributed by atoms with Crippen LogP contribution in [0.2, 0.25) is 0 Å². The van der Waals surface area contributed by atoms with Gasteiger partial charge in [0, 0.05) is 19.3 Å². The Morgan fingerprint density at radius 3 is 2.29 bits per heavy atom. The minimum Gasteiger partial charge on any atom is -0.444 e. The van der Waals surface area contributed by atoms with Crippen LogP contribution in [0.3, 0.4) is 0 Å². The van der Waals surface area contributed by atoms with Gasteiger partial charge in [0.2, 0.25) is 0 Å². The fourth-order valence-electron chi connectivity index (χ4n) is 2.57. The largest absolute Gasteiger partial charge is 0.444 e. The van der Waals surface area contributed by atoms with Crippen LogP contribution in [0.1, 0.15) is 52.9 Å². The normalized spacial score (nSPS) is 22.2. The lowest BCUT2D eigenvalue weighted by Gasteiger charge is -2.30. The summed E-state index contributed by atoms with van der Waals surface area (Å²) in [4.78, 5) is 11.7. The van der Waals surface area contributed by atoms with E-state index in [1.807, 2.05) is 20.8 Å². The molecule has 8 heteroatoms. The zero-order chi connectivity index (χ0) is 18.2. The standard InChI is InChI=1S/C16H31NO6S/c1-16(2,3)23-15(18)17-14-8-6-13(7-9-14)12-21-10-5-11-22-24(4,19)20/h13-14H,5-12H2,1-4H3,(H,17,18)/t13-,14-. The molecule has 0 unspecified atom stereocenters. The van der Waals surface area contributed by atoms with Gasteiger partial charge < -0.3 is 14.8 Å². The Labute approximate surface area is 145 Å². The van der Waals surface area contributed by atoms with Gasteiger partial charge in [-0.25, -0.2) is 4.79 Å². The number of alkyl carbamates (subject to hydrolysis) is 1. The molecule has 1 saturated carbocycles. The highest BCUT2D eigenvalue weighted by Crippen LogP contribution is 2.24. The molecule has 0 atom stereocenters. The number of carbonyl (C=O) groups is 1. The van der Waals surface area contributed by atoms with Gasteiger partial charge in [0.15, 0.2) is 0 Å². The Morgan fingerprint density at radius 1 is 1.12 bits per heavy atom. The first-order valence-corrected chi connectivity index (χ1v) is 10.3. The van der Waals surface area contributed by atoms with Gasteiger partial charge in [-0.1, -0.05) is 0 Å². The van der Waals surface area contributed by atoms with E-state index in [9.17, 15) is 13.2 Å². The molecule has 0 aromatic carbocycles. The molecule has 1 fully saturated rings. The predicted octanol–water partition coefficient (Wildman–Crippen LogP) is 2.45. The van der Waals surface area contributed by atoms with Gasteiger partial charge in [-0.05, 0) is 58.8 Å². The molecule has 24 heavy (non-hydrogen) atoms. The van der Waals surface area contributed by atoms with Crippen LogP contribution in [0.5, 0.6) is 0 Å². The number of ether oxygens (including phenoxy) is 2. The zero-order valence-corrected chi connectivity index (χ0v) is 16.0. The van der Waals surface area contributed by atoms with Crippen LogP contribution in [-0.2, 0) is 23.8 Å². The van der Waals surface area contributed by atoms with E-state index in [0.717, 1.165) is 31.9 Å². The fraction of sp³-hybridized carbons (Fsp3) is 0.938. The average molecular weight is 365 g/mol. The van der Waals surface area contributed by atoms with E-state index >= 15 is 0 Å². The molecular formula is C16H31NO6S. The van der Waals surface area contributed by atoms with Crippen LogP contribution in [0.25, 0.3) is 0 Å². The second kappa shape index (κ2) is 9.58. The maximum absolute atomic E-state index is 11.7. The van der Waals surface area contributed by atoms with Crippen molar-refractivity contribution in [3.05, 3.63) is 0 Å². The molecule has 0 saturated heterocycles. The maximum atomic E-state index is 11.7. The van der Waals surface area contributed by atoms with Gasteiger partial charge in [-0.2, -0.15) is 8.42 Å². The van der Waals surface area contributed by atoms with Crippen molar-refractivity contribution in [2.45, 2.75) is 64.5 Å². The number of hydrogen-bond acceptors (Lipinski definition) is 6. The number of hydrogen-bond donors (Lipinski definition) is 1. The molecule has 0 aromatic rings. The van der Waals surface area contributed by atoms with E-state index in [-0.39, 0.29) is 18.7 Å². The molecule has 0 aliphatic heterocycles.